The second-order valence-corrected chi connectivity index (χ2v) is 4.50. The van der Waals surface area contributed by atoms with Gasteiger partial charge in [0.05, 0.1) is 6.42 Å². The van der Waals surface area contributed by atoms with Crippen LogP contribution < -0.4 is 10.1 Å². The third-order valence-electron chi connectivity index (χ3n) is 2.78. The van der Waals surface area contributed by atoms with E-state index in [0.717, 1.165) is 5.56 Å². The number of carbonyl (C=O) groups excluding carboxylic acids is 1. The van der Waals surface area contributed by atoms with Gasteiger partial charge in [0.2, 0.25) is 5.91 Å². The first kappa shape index (κ1) is 15.9. The lowest BCUT2D eigenvalue weighted by Crippen LogP contribution is -2.27. The minimum absolute atomic E-state index is 0.158. The molecular weight excluding hydrogens is 299 g/mol. The number of benzene rings is 1. The second kappa shape index (κ2) is 6.97. The van der Waals surface area contributed by atoms with Gasteiger partial charge in [-0.05, 0) is 24.1 Å². The lowest BCUT2D eigenvalue weighted by atomic mass is 10.1. The van der Waals surface area contributed by atoms with Crippen LogP contribution in [0.4, 0.5) is 13.2 Å². The number of amides is 1. The van der Waals surface area contributed by atoms with Crippen molar-refractivity contribution in [1.82, 2.24) is 15.3 Å². The average Bonchev–Trinajstić information content (AvgIpc) is 2.92. The van der Waals surface area contributed by atoms with Gasteiger partial charge in [0.15, 0.2) is 0 Å². The Hall–Kier alpha value is -2.51. The van der Waals surface area contributed by atoms with Crippen LogP contribution in [0.3, 0.4) is 0 Å². The summed E-state index contributed by atoms with van der Waals surface area (Å²) < 4.78 is 39.8. The van der Waals surface area contributed by atoms with Crippen molar-refractivity contribution in [3.63, 3.8) is 0 Å². The molecule has 1 aromatic heterocycles. The van der Waals surface area contributed by atoms with E-state index in [-0.39, 0.29) is 18.1 Å². The Labute approximate surface area is 124 Å². The van der Waals surface area contributed by atoms with E-state index >= 15 is 0 Å². The van der Waals surface area contributed by atoms with Gasteiger partial charge in [-0.3, -0.25) is 4.79 Å². The predicted octanol–water partition coefficient (Wildman–Crippen LogP) is 2.21. The molecule has 0 aliphatic rings. The van der Waals surface area contributed by atoms with E-state index in [1.165, 1.54) is 24.3 Å². The molecule has 0 bridgehead atoms. The van der Waals surface area contributed by atoms with Gasteiger partial charge in [-0.1, -0.05) is 12.1 Å². The first-order chi connectivity index (χ1) is 10.4. The van der Waals surface area contributed by atoms with Gasteiger partial charge < -0.3 is 15.0 Å². The standard InChI is InChI=1S/C14H14F3N3O2/c15-14(16,17)22-11-3-1-10(2-4-11)5-6-20-13(21)9-12-18-7-8-19-12/h1-4,7-8H,5-6,9H2,(H,18,19)(H,20,21). The van der Waals surface area contributed by atoms with Gasteiger partial charge >= 0.3 is 6.36 Å². The van der Waals surface area contributed by atoms with Crippen LogP contribution in [0.1, 0.15) is 11.4 Å². The van der Waals surface area contributed by atoms with Crippen LogP contribution in [-0.2, 0) is 17.6 Å². The van der Waals surface area contributed by atoms with Crippen molar-refractivity contribution >= 4 is 5.91 Å². The Bertz CT molecular complexity index is 595. The SMILES string of the molecule is O=C(Cc1ncc[nH]1)NCCc1ccc(OC(F)(F)F)cc1. The fraction of sp³-hybridized carbons (Fsp3) is 0.286. The van der Waals surface area contributed by atoms with Crippen LogP contribution in [0.15, 0.2) is 36.7 Å². The number of H-pyrrole nitrogens is 1. The summed E-state index contributed by atoms with van der Waals surface area (Å²) in [5, 5.41) is 2.71. The van der Waals surface area contributed by atoms with E-state index in [1.54, 1.807) is 12.4 Å². The molecule has 0 radical (unpaired) electrons. The highest BCUT2D eigenvalue weighted by Gasteiger charge is 2.30. The van der Waals surface area contributed by atoms with Crippen LogP contribution in [0.2, 0.25) is 0 Å². The van der Waals surface area contributed by atoms with Crippen molar-refractivity contribution < 1.29 is 22.7 Å². The fourth-order valence-electron chi connectivity index (χ4n) is 1.81. The van der Waals surface area contributed by atoms with Crippen molar-refractivity contribution in [3.8, 4) is 5.75 Å². The van der Waals surface area contributed by atoms with Crippen LogP contribution in [0.25, 0.3) is 0 Å². The molecule has 0 atom stereocenters. The molecule has 0 fully saturated rings. The summed E-state index contributed by atoms with van der Waals surface area (Å²) in [5.41, 5.74) is 0.799. The predicted molar refractivity (Wildman–Crippen MR) is 72.1 cm³/mol. The van der Waals surface area contributed by atoms with Gasteiger partial charge in [0, 0.05) is 18.9 Å². The zero-order valence-electron chi connectivity index (χ0n) is 11.5. The number of aromatic amines is 1. The maximum absolute atomic E-state index is 12.0. The highest BCUT2D eigenvalue weighted by molar-refractivity contribution is 5.77. The van der Waals surface area contributed by atoms with Crippen LogP contribution in [-0.4, -0.2) is 28.8 Å². The third-order valence-corrected chi connectivity index (χ3v) is 2.78. The number of ether oxygens (including phenoxy) is 1. The first-order valence-corrected chi connectivity index (χ1v) is 6.52. The molecule has 22 heavy (non-hydrogen) atoms. The van der Waals surface area contributed by atoms with E-state index in [0.29, 0.717) is 18.8 Å². The zero-order valence-corrected chi connectivity index (χ0v) is 11.5. The number of nitrogens with one attached hydrogen (secondary N) is 2. The van der Waals surface area contributed by atoms with E-state index in [2.05, 4.69) is 20.0 Å². The average molecular weight is 313 g/mol. The third kappa shape index (κ3) is 5.47. The number of halogens is 3. The molecule has 1 aromatic carbocycles. The molecule has 0 aliphatic carbocycles. The van der Waals surface area contributed by atoms with Gasteiger partial charge in [-0.15, -0.1) is 13.2 Å². The summed E-state index contributed by atoms with van der Waals surface area (Å²) >= 11 is 0. The van der Waals surface area contributed by atoms with E-state index in [1.807, 2.05) is 0 Å². The molecular formula is C14H14F3N3O2. The Morgan fingerprint density at radius 1 is 1.27 bits per heavy atom. The molecule has 0 saturated carbocycles. The van der Waals surface area contributed by atoms with Crippen LogP contribution in [0.5, 0.6) is 5.75 Å². The number of carbonyl (C=O) groups is 1. The fourth-order valence-corrected chi connectivity index (χ4v) is 1.81. The Balaban J connectivity index is 1.74. The quantitative estimate of drug-likeness (QED) is 0.859. The molecule has 1 amide bonds. The number of imidazole rings is 1. The number of nitrogens with zero attached hydrogens (tertiary/aromatic N) is 1. The van der Waals surface area contributed by atoms with Crippen molar-refractivity contribution in [2.75, 3.05) is 6.54 Å². The second-order valence-electron chi connectivity index (χ2n) is 4.50. The molecule has 2 N–H and O–H groups in total. The van der Waals surface area contributed by atoms with Crippen molar-refractivity contribution in [2.45, 2.75) is 19.2 Å². The highest BCUT2D eigenvalue weighted by atomic mass is 19.4. The topological polar surface area (TPSA) is 67.0 Å². The Kier molecular flexibility index (Phi) is 5.03. The summed E-state index contributed by atoms with van der Waals surface area (Å²) in [5.74, 6) is 0.135. The molecule has 2 rings (SSSR count). The van der Waals surface area contributed by atoms with Gasteiger partial charge in [0.1, 0.15) is 11.6 Å². The molecule has 0 aliphatic heterocycles. The molecule has 0 unspecified atom stereocenters. The Morgan fingerprint density at radius 3 is 2.59 bits per heavy atom. The molecule has 2 aromatic rings. The van der Waals surface area contributed by atoms with E-state index < -0.39 is 6.36 Å². The summed E-state index contributed by atoms with van der Waals surface area (Å²) in [6.45, 7) is 0.388. The van der Waals surface area contributed by atoms with Crippen molar-refractivity contribution in [3.05, 3.63) is 48.0 Å². The molecule has 8 heteroatoms. The molecule has 1 heterocycles. The summed E-state index contributed by atoms with van der Waals surface area (Å²) in [4.78, 5) is 18.4. The smallest absolute Gasteiger partial charge is 0.406 e. The number of hydrogen-bond donors (Lipinski definition) is 2. The highest BCUT2D eigenvalue weighted by Crippen LogP contribution is 2.22. The van der Waals surface area contributed by atoms with E-state index in [9.17, 15) is 18.0 Å². The lowest BCUT2D eigenvalue weighted by Gasteiger charge is -2.09. The number of aromatic nitrogens is 2. The summed E-state index contributed by atoms with van der Waals surface area (Å²) in [6, 6.07) is 5.54. The number of hydrogen-bond acceptors (Lipinski definition) is 3. The molecule has 0 saturated heterocycles. The summed E-state index contributed by atoms with van der Waals surface area (Å²) in [6.07, 6.45) is -0.830. The first-order valence-electron chi connectivity index (χ1n) is 6.52. The van der Waals surface area contributed by atoms with Gasteiger partial charge in [-0.25, -0.2) is 4.98 Å². The van der Waals surface area contributed by atoms with Crippen molar-refractivity contribution in [1.29, 1.82) is 0 Å². The van der Waals surface area contributed by atoms with Gasteiger partial charge in [-0.2, -0.15) is 0 Å². The molecule has 0 spiro atoms. The largest absolute Gasteiger partial charge is 0.573 e. The molecule has 118 valence electrons. The number of alkyl halides is 3. The Morgan fingerprint density at radius 2 is 2.00 bits per heavy atom. The maximum atomic E-state index is 12.0. The minimum atomic E-state index is -4.69. The molecule has 5 nitrogen and oxygen atoms in total. The van der Waals surface area contributed by atoms with Crippen molar-refractivity contribution in [2.24, 2.45) is 0 Å². The monoisotopic (exact) mass is 313 g/mol. The zero-order chi connectivity index (χ0) is 16.0. The summed E-state index contributed by atoms with van der Waals surface area (Å²) in [7, 11) is 0. The maximum Gasteiger partial charge on any atom is 0.573 e. The van der Waals surface area contributed by atoms with Crippen LogP contribution >= 0.6 is 0 Å². The minimum Gasteiger partial charge on any atom is -0.406 e. The number of rotatable bonds is 6. The lowest BCUT2D eigenvalue weighted by molar-refractivity contribution is -0.274. The van der Waals surface area contributed by atoms with Gasteiger partial charge in [0.25, 0.3) is 0 Å². The normalized spacial score (nSPS) is 11.2. The van der Waals surface area contributed by atoms with Crippen LogP contribution in [0, 0.1) is 0 Å². The van der Waals surface area contributed by atoms with E-state index in [4.69, 9.17) is 0 Å².